The van der Waals surface area contributed by atoms with E-state index in [-0.39, 0.29) is 5.78 Å². The Morgan fingerprint density at radius 2 is 2.25 bits per heavy atom. The van der Waals surface area contributed by atoms with Gasteiger partial charge in [-0.05, 0) is 40.9 Å². The predicted molar refractivity (Wildman–Crippen MR) is 52.5 cm³/mol. The maximum Gasteiger partial charge on any atom is 0.192 e. The maximum absolute atomic E-state index is 11.6. The first-order valence-electron chi connectivity index (χ1n) is 3.71. The number of carbonyl (C=O) groups excluding carboxylic acids is 1. The summed E-state index contributed by atoms with van der Waals surface area (Å²) < 4.78 is 0.982. The largest absolute Gasteiger partial charge is 0.319 e. The fourth-order valence-electron chi connectivity index (χ4n) is 1.04. The summed E-state index contributed by atoms with van der Waals surface area (Å²) in [5, 5.41) is 0. The lowest BCUT2D eigenvalue weighted by molar-refractivity contribution is 0.0953. The van der Waals surface area contributed by atoms with Crippen LogP contribution in [0.2, 0.25) is 0 Å². The zero-order valence-electron chi connectivity index (χ0n) is 6.34. The number of Topliss-reactive ketones (excluding diaryl/α,β-unsaturated/α-hetero) is 1. The number of halogens is 1. The summed E-state index contributed by atoms with van der Waals surface area (Å²) in [6, 6.07) is 3.70. The first kappa shape index (κ1) is 8.41. The van der Waals surface area contributed by atoms with Crippen LogP contribution in [-0.2, 0) is 0 Å². The summed E-state index contributed by atoms with van der Waals surface area (Å²) in [7, 11) is 0. The van der Waals surface area contributed by atoms with E-state index < -0.39 is 5.54 Å². The lowest BCUT2D eigenvalue weighted by atomic mass is 10.1. The van der Waals surface area contributed by atoms with Gasteiger partial charge in [-0.3, -0.25) is 4.79 Å². The van der Waals surface area contributed by atoms with Crippen LogP contribution in [0.5, 0.6) is 0 Å². The van der Waals surface area contributed by atoms with Crippen LogP contribution in [0.25, 0.3) is 0 Å². The number of hydrogen-bond donors (Lipinski definition) is 1. The molecular weight excluding hydrogens is 238 g/mol. The number of thiophene rings is 1. The van der Waals surface area contributed by atoms with Crippen molar-refractivity contribution >= 4 is 33.0 Å². The quantitative estimate of drug-likeness (QED) is 0.813. The van der Waals surface area contributed by atoms with Crippen molar-refractivity contribution in [3.05, 3.63) is 20.8 Å². The van der Waals surface area contributed by atoms with Gasteiger partial charge in [0.25, 0.3) is 0 Å². The summed E-state index contributed by atoms with van der Waals surface area (Å²) in [5.41, 5.74) is 5.25. The van der Waals surface area contributed by atoms with Gasteiger partial charge < -0.3 is 5.73 Å². The first-order chi connectivity index (χ1) is 5.62. The van der Waals surface area contributed by atoms with Crippen LogP contribution < -0.4 is 5.73 Å². The standard InChI is InChI=1S/C8H8BrNOS/c9-6-2-1-5(12-6)7(11)8(10)3-4-8/h1-2H,3-4,10H2. The molecule has 2 N–H and O–H groups in total. The molecule has 0 aliphatic heterocycles. The molecule has 1 heterocycles. The smallest absolute Gasteiger partial charge is 0.192 e. The molecule has 0 atom stereocenters. The van der Waals surface area contributed by atoms with Gasteiger partial charge in [-0.25, -0.2) is 0 Å². The lowest BCUT2D eigenvalue weighted by Gasteiger charge is -2.03. The average molecular weight is 246 g/mol. The van der Waals surface area contributed by atoms with E-state index >= 15 is 0 Å². The van der Waals surface area contributed by atoms with Gasteiger partial charge in [0.2, 0.25) is 0 Å². The molecule has 0 unspecified atom stereocenters. The van der Waals surface area contributed by atoms with E-state index in [0.717, 1.165) is 21.5 Å². The minimum absolute atomic E-state index is 0.0956. The van der Waals surface area contributed by atoms with E-state index in [4.69, 9.17) is 5.73 Å². The second-order valence-corrected chi connectivity index (χ2v) is 5.55. The van der Waals surface area contributed by atoms with Gasteiger partial charge in [0.15, 0.2) is 5.78 Å². The van der Waals surface area contributed by atoms with Gasteiger partial charge in [0, 0.05) is 0 Å². The van der Waals surface area contributed by atoms with Crippen molar-refractivity contribution in [1.29, 1.82) is 0 Å². The highest BCUT2D eigenvalue weighted by molar-refractivity contribution is 9.11. The van der Waals surface area contributed by atoms with Crippen LogP contribution in [0.4, 0.5) is 0 Å². The molecule has 0 bridgehead atoms. The van der Waals surface area contributed by atoms with Crippen LogP contribution in [0.3, 0.4) is 0 Å². The molecule has 0 saturated heterocycles. The van der Waals surface area contributed by atoms with Gasteiger partial charge in [0.1, 0.15) is 0 Å². The molecule has 1 aliphatic carbocycles. The van der Waals surface area contributed by atoms with Crippen molar-refractivity contribution in [3.8, 4) is 0 Å². The zero-order chi connectivity index (χ0) is 8.77. The monoisotopic (exact) mass is 245 g/mol. The molecule has 12 heavy (non-hydrogen) atoms. The third kappa shape index (κ3) is 1.34. The second-order valence-electron chi connectivity index (χ2n) is 3.09. The Labute approximate surface area is 82.9 Å². The second kappa shape index (κ2) is 2.65. The Morgan fingerprint density at radius 1 is 1.58 bits per heavy atom. The van der Waals surface area contributed by atoms with E-state index in [1.165, 1.54) is 11.3 Å². The maximum atomic E-state index is 11.6. The lowest BCUT2D eigenvalue weighted by Crippen LogP contribution is -2.32. The van der Waals surface area contributed by atoms with Crippen molar-refractivity contribution in [2.75, 3.05) is 0 Å². The minimum atomic E-state index is -0.524. The number of rotatable bonds is 2. The van der Waals surface area contributed by atoms with Crippen molar-refractivity contribution in [3.63, 3.8) is 0 Å². The van der Waals surface area contributed by atoms with Gasteiger partial charge in [-0.2, -0.15) is 0 Å². The molecule has 0 aromatic carbocycles. The summed E-state index contributed by atoms with van der Waals surface area (Å²) in [5.74, 6) is 0.0956. The van der Waals surface area contributed by atoms with Crippen molar-refractivity contribution in [2.45, 2.75) is 18.4 Å². The van der Waals surface area contributed by atoms with E-state index in [9.17, 15) is 4.79 Å². The first-order valence-corrected chi connectivity index (χ1v) is 5.32. The molecule has 1 aromatic rings. The summed E-state index contributed by atoms with van der Waals surface area (Å²) in [6.45, 7) is 0. The molecule has 1 aromatic heterocycles. The fraction of sp³-hybridized carbons (Fsp3) is 0.375. The molecular formula is C8H8BrNOS. The van der Waals surface area contributed by atoms with Crippen molar-refractivity contribution in [2.24, 2.45) is 5.73 Å². The highest BCUT2D eigenvalue weighted by atomic mass is 79.9. The van der Waals surface area contributed by atoms with E-state index in [2.05, 4.69) is 15.9 Å². The zero-order valence-corrected chi connectivity index (χ0v) is 8.74. The van der Waals surface area contributed by atoms with Crippen LogP contribution >= 0.6 is 27.3 Å². The third-order valence-corrected chi connectivity index (χ3v) is 3.66. The molecule has 2 rings (SSSR count). The van der Waals surface area contributed by atoms with Gasteiger partial charge in [0.05, 0.1) is 14.2 Å². The molecule has 0 radical (unpaired) electrons. The normalized spacial score (nSPS) is 19.2. The number of nitrogens with two attached hydrogens (primary N) is 1. The Balaban J connectivity index is 2.25. The van der Waals surface area contributed by atoms with Crippen molar-refractivity contribution in [1.82, 2.24) is 0 Å². The minimum Gasteiger partial charge on any atom is -0.319 e. The number of hydrogen-bond acceptors (Lipinski definition) is 3. The van der Waals surface area contributed by atoms with Crippen LogP contribution in [-0.4, -0.2) is 11.3 Å². The van der Waals surface area contributed by atoms with Gasteiger partial charge in [-0.1, -0.05) is 0 Å². The Kier molecular flexibility index (Phi) is 1.86. The molecule has 0 spiro atoms. The third-order valence-electron chi connectivity index (χ3n) is 2.04. The van der Waals surface area contributed by atoms with E-state index in [0.29, 0.717) is 0 Å². The summed E-state index contributed by atoms with van der Waals surface area (Å²) in [6.07, 6.45) is 1.67. The summed E-state index contributed by atoms with van der Waals surface area (Å²) in [4.78, 5) is 12.4. The van der Waals surface area contributed by atoms with Crippen LogP contribution in [0, 0.1) is 0 Å². The highest BCUT2D eigenvalue weighted by Crippen LogP contribution is 2.37. The molecule has 64 valence electrons. The Bertz CT molecular complexity index is 330. The highest BCUT2D eigenvalue weighted by Gasteiger charge is 2.46. The van der Waals surface area contributed by atoms with Crippen LogP contribution in [0.15, 0.2) is 15.9 Å². The number of carbonyl (C=O) groups is 1. The molecule has 4 heteroatoms. The van der Waals surface area contributed by atoms with E-state index in [1.54, 1.807) is 0 Å². The van der Waals surface area contributed by atoms with Crippen LogP contribution in [0.1, 0.15) is 22.5 Å². The molecule has 2 nitrogen and oxygen atoms in total. The summed E-state index contributed by atoms with van der Waals surface area (Å²) >= 11 is 4.76. The van der Waals surface area contributed by atoms with Crippen molar-refractivity contribution < 1.29 is 4.79 Å². The molecule has 1 fully saturated rings. The Hall–Kier alpha value is -0.190. The average Bonchev–Trinajstić information content (AvgIpc) is 2.62. The SMILES string of the molecule is NC1(C(=O)c2ccc(Br)s2)CC1. The topological polar surface area (TPSA) is 43.1 Å². The van der Waals surface area contributed by atoms with Gasteiger partial charge >= 0.3 is 0 Å². The fourth-order valence-corrected chi connectivity index (χ4v) is 2.48. The molecule has 0 amide bonds. The Morgan fingerprint density at radius 3 is 2.67 bits per heavy atom. The predicted octanol–water partition coefficient (Wildman–Crippen LogP) is 2.18. The van der Waals surface area contributed by atoms with Gasteiger partial charge in [-0.15, -0.1) is 11.3 Å². The molecule has 1 saturated carbocycles. The molecule has 1 aliphatic rings. The number of ketones is 1. The van der Waals surface area contributed by atoms with E-state index in [1.807, 2.05) is 12.1 Å².